The highest BCUT2D eigenvalue weighted by molar-refractivity contribution is 5.90. The lowest BCUT2D eigenvalue weighted by atomic mass is 9.63. The Hall–Kier alpha value is -2.04. The second-order valence-corrected chi connectivity index (χ2v) is 7.05. The van der Waals surface area contributed by atoms with Crippen LogP contribution in [0.5, 0.6) is 5.75 Å². The number of hydrogen-bond donors (Lipinski definition) is 1. The van der Waals surface area contributed by atoms with Crippen molar-refractivity contribution in [2.45, 2.75) is 44.4 Å². The molecule has 3 rings (SSSR count). The fraction of sp³-hybridized carbons (Fsp3) is 0.579. The van der Waals surface area contributed by atoms with Gasteiger partial charge in [-0.2, -0.15) is 0 Å². The van der Waals surface area contributed by atoms with E-state index in [0.29, 0.717) is 19.5 Å². The van der Waals surface area contributed by atoms with E-state index in [9.17, 15) is 14.7 Å². The van der Waals surface area contributed by atoms with Crippen molar-refractivity contribution in [3.8, 4) is 5.75 Å². The summed E-state index contributed by atoms with van der Waals surface area (Å²) in [6.45, 7) is 2.98. The van der Waals surface area contributed by atoms with Crippen molar-refractivity contribution in [1.82, 2.24) is 4.90 Å². The van der Waals surface area contributed by atoms with E-state index in [1.165, 1.54) is 0 Å². The third-order valence-corrected chi connectivity index (χ3v) is 5.63. The van der Waals surface area contributed by atoms with E-state index in [1.807, 2.05) is 25.1 Å². The number of aryl methyl sites for hydroxylation is 1. The first kappa shape index (κ1) is 16.8. The average Bonchev–Trinajstić information content (AvgIpc) is 2.55. The minimum Gasteiger partial charge on any atom is -0.496 e. The van der Waals surface area contributed by atoms with Gasteiger partial charge in [-0.1, -0.05) is 18.6 Å². The maximum atomic E-state index is 13.2. The number of methoxy groups -OCH3 is 1. The molecule has 1 N–H and O–H groups in total. The van der Waals surface area contributed by atoms with E-state index >= 15 is 0 Å². The zero-order chi connectivity index (χ0) is 17.3. The van der Waals surface area contributed by atoms with E-state index in [0.717, 1.165) is 42.6 Å². The van der Waals surface area contributed by atoms with Crippen molar-refractivity contribution >= 4 is 11.9 Å². The summed E-state index contributed by atoms with van der Waals surface area (Å²) >= 11 is 0. The van der Waals surface area contributed by atoms with Gasteiger partial charge >= 0.3 is 5.97 Å². The smallest absolute Gasteiger partial charge is 0.308 e. The second-order valence-electron chi connectivity index (χ2n) is 7.05. The summed E-state index contributed by atoms with van der Waals surface area (Å²) < 4.78 is 5.42. The van der Waals surface area contributed by atoms with Crippen LogP contribution >= 0.6 is 0 Å². The van der Waals surface area contributed by atoms with Crippen LogP contribution in [-0.2, 0) is 15.0 Å². The average molecular weight is 331 g/mol. The Labute approximate surface area is 142 Å². The number of aliphatic carboxylic acids is 1. The SMILES string of the molecule is COc1cc(C2(C(=O)N3CCCC(C(=O)O)C3)CCC2)ccc1C. The Kier molecular flexibility index (Phi) is 4.52. The molecule has 1 aliphatic carbocycles. The summed E-state index contributed by atoms with van der Waals surface area (Å²) in [6, 6.07) is 6.00. The third-order valence-electron chi connectivity index (χ3n) is 5.63. The molecule has 0 bridgehead atoms. The molecule has 1 amide bonds. The Bertz CT molecular complexity index is 651. The highest BCUT2D eigenvalue weighted by atomic mass is 16.5. The highest BCUT2D eigenvalue weighted by Crippen LogP contribution is 2.46. The van der Waals surface area contributed by atoms with Crippen LogP contribution in [-0.4, -0.2) is 42.1 Å². The molecule has 5 heteroatoms. The Morgan fingerprint density at radius 1 is 1.29 bits per heavy atom. The Morgan fingerprint density at radius 2 is 2.04 bits per heavy atom. The van der Waals surface area contributed by atoms with Crippen LogP contribution in [0.2, 0.25) is 0 Å². The molecule has 1 aliphatic heterocycles. The number of carboxylic acid groups (broad SMARTS) is 1. The number of piperidine rings is 1. The van der Waals surface area contributed by atoms with Crippen molar-refractivity contribution in [2.24, 2.45) is 5.92 Å². The minimum atomic E-state index is -0.799. The van der Waals surface area contributed by atoms with Crippen LogP contribution in [0.4, 0.5) is 0 Å². The van der Waals surface area contributed by atoms with E-state index in [4.69, 9.17) is 4.74 Å². The van der Waals surface area contributed by atoms with Crippen LogP contribution < -0.4 is 4.74 Å². The lowest BCUT2D eigenvalue weighted by molar-refractivity contribution is -0.149. The predicted octanol–water partition coefficient (Wildman–Crippen LogP) is 2.75. The normalized spacial score (nSPS) is 22.6. The topological polar surface area (TPSA) is 66.8 Å². The van der Waals surface area contributed by atoms with Gasteiger partial charge in [0, 0.05) is 13.1 Å². The van der Waals surface area contributed by atoms with Gasteiger partial charge in [-0.15, -0.1) is 0 Å². The second kappa shape index (κ2) is 6.46. The van der Waals surface area contributed by atoms with E-state index in [1.54, 1.807) is 12.0 Å². The molecule has 1 aromatic rings. The summed E-state index contributed by atoms with van der Waals surface area (Å²) in [6.07, 6.45) is 4.09. The lowest BCUT2D eigenvalue weighted by Gasteiger charge is -2.45. The molecule has 0 radical (unpaired) electrons. The molecule has 130 valence electrons. The van der Waals surface area contributed by atoms with Gasteiger partial charge in [-0.3, -0.25) is 9.59 Å². The molecule has 2 aliphatic rings. The van der Waals surface area contributed by atoms with Crippen LogP contribution in [0.1, 0.15) is 43.2 Å². The summed E-state index contributed by atoms with van der Waals surface area (Å²) in [4.78, 5) is 26.3. The van der Waals surface area contributed by atoms with E-state index < -0.39 is 17.3 Å². The van der Waals surface area contributed by atoms with E-state index in [2.05, 4.69) is 0 Å². The summed E-state index contributed by atoms with van der Waals surface area (Å²) in [5.41, 5.74) is 1.55. The van der Waals surface area contributed by atoms with Gasteiger partial charge in [0.25, 0.3) is 0 Å². The first-order chi connectivity index (χ1) is 11.5. The minimum absolute atomic E-state index is 0.0885. The quantitative estimate of drug-likeness (QED) is 0.921. The highest BCUT2D eigenvalue weighted by Gasteiger charge is 2.48. The van der Waals surface area contributed by atoms with Gasteiger partial charge in [-0.05, 0) is 49.8 Å². The molecule has 1 saturated heterocycles. The van der Waals surface area contributed by atoms with Gasteiger partial charge in [0.15, 0.2) is 0 Å². The van der Waals surface area contributed by atoms with Gasteiger partial charge in [0.1, 0.15) is 5.75 Å². The van der Waals surface area contributed by atoms with Crippen LogP contribution in [0.3, 0.4) is 0 Å². The van der Waals surface area contributed by atoms with Crippen molar-refractivity contribution in [2.75, 3.05) is 20.2 Å². The first-order valence-corrected chi connectivity index (χ1v) is 8.65. The number of rotatable bonds is 4. The van der Waals surface area contributed by atoms with E-state index in [-0.39, 0.29) is 5.91 Å². The number of nitrogens with zero attached hydrogens (tertiary/aromatic N) is 1. The molecule has 1 aromatic carbocycles. The maximum Gasteiger partial charge on any atom is 0.308 e. The zero-order valence-electron chi connectivity index (χ0n) is 14.4. The largest absolute Gasteiger partial charge is 0.496 e. The van der Waals surface area contributed by atoms with Crippen molar-refractivity contribution < 1.29 is 19.4 Å². The molecule has 1 atom stereocenters. The Morgan fingerprint density at radius 3 is 2.62 bits per heavy atom. The molecule has 1 heterocycles. The summed E-state index contributed by atoms with van der Waals surface area (Å²) in [5.74, 6) is -0.348. The molecule has 0 aromatic heterocycles. The fourth-order valence-corrected chi connectivity index (χ4v) is 3.94. The Balaban J connectivity index is 1.87. The number of ether oxygens (including phenoxy) is 1. The van der Waals surface area contributed by atoms with Gasteiger partial charge in [0.2, 0.25) is 5.91 Å². The van der Waals surface area contributed by atoms with Gasteiger partial charge in [0.05, 0.1) is 18.4 Å². The van der Waals surface area contributed by atoms with Gasteiger partial charge in [-0.25, -0.2) is 0 Å². The zero-order valence-corrected chi connectivity index (χ0v) is 14.4. The van der Waals surface area contributed by atoms with Crippen LogP contribution in [0.25, 0.3) is 0 Å². The van der Waals surface area contributed by atoms with Crippen LogP contribution in [0, 0.1) is 12.8 Å². The number of benzene rings is 1. The van der Waals surface area contributed by atoms with Crippen molar-refractivity contribution in [1.29, 1.82) is 0 Å². The molecular weight excluding hydrogens is 306 g/mol. The van der Waals surface area contributed by atoms with Crippen molar-refractivity contribution in [3.05, 3.63) is 29.3 Å². The standard InChI is InChI=1S/C19H25NO4/c1-13-6-7-15(11-16(13)24-2)19(8-4-9-19)18(23)20-10-3-5-14(12-20)17(21)22/h6-7,11,14H,3-5,8-10,12H2,1-2H3,(H,21,22). The number of carboxylic acids is 1. The molecule has 1 saturated carbocycles. The molecule has 2 fully saturated rings. The number of carbonyl (C=O) groups is 2. The monoisotopic (exact) mass is 331 g/mol. The molecule has 1 unspecified atom stereocenters. The van der Waals surface area contributed by atoms with Crippen LogP contribution in [0.15, 0.2) is 18.2 Å². The fourth-order valence-electron chi connectivity index (χ4n) is 3.94. The molecule has 5 nitrogen and oxygen atoms in total. The lowest BCUT2D eigenvalue weighted by Crippen LogP contribution is -2.54. The number of likely N-dealkylation sites (tertiary alicyclic amines) is 1. The number of carbonyl (C=O) groups excluding carboxylic acids is 1. The number of amides is 1. The summed E-state index contributed by atoms with van der Waals surface area (Å²) in [5, 5.41) is 9.27. The maximum absolute atomic E-state index is 13.2. The molecular formula is C19H25NO4. The first-order valence-electron chi connectivity index (χ1n) is 8.65. The molecule has 0 spiro atoms. The van der Waals surface area contributed by atoms with Crippen molar-refractivity contribution in [3.63, 3.8) is 0 Å². The predicted molar refractivity (Wildman–Crippen MR) is 90.2 cm³/mol. The van der Waals surface area contributed by atoms with Gasteiger partial charge < -0.3 is 14.7 Å². The number of hydrogen-bond acceptors (Lipinski definition) is 3. The third kappa shape index (κ3) is 2.76. The summed E-state index contributed by atoms with van der Waals surface area (Å²) in [7, 11) is 1.64. The molecule has 24 heavy (non-hydrogen) atoms.